The Bertz CT molecular complexity index is 615. The zero-order valence-corrected chi connectivity index (χ0v) is 25.4. The number of hydrogen-bond donors (Lipinski definition) is 1. The van der Waals surface area contributed by atoms with Crippen molar-refractivity contribution in [2.24, 2.45) is 5.92 Å². The van der Waals surface area contributed by atoms with Gasteiger partial charge in [-0.15, -0.1) is 0 Å². The van der Waals surface area contributed by atoms with Crippen molar-refractivity contribution in [2.75, 3.05) is 13.1 Å². The average Bonchev–Trinajstić information content (AvgIpc) is 3.29. The second-order valence-corrected chi connectivity index (χ2v) is 24.6. The number of hydrogen-bond acceptors (Lipinski definition) is 4. The summed E-state index contributed by atoms with van der Waals surface area (Å²) in [7, 11) is 0. The van der Waals surface area contributed by atoms with E-state index in [9.17, 15) is 5.11 Å². The van der Waals surface area contributed by atoms with Crippen molar-refractivity contribution in [2.45, 2.75) is 143 Å². The van der Waals surface area contributed by atoms with E-state index in [0.717, 1.165) is 19.5 Å². The number of nitrogens with zero attached hydrogens (tertiary/aromatic N) is 1. The van der Waals surface area contributed by atoms with Crippen LogP contribution >= 0.6 is 0 Å². The van der Waals surface area contributed by atoms with Crippen LogP contribution in [-0.2, 0) is 9.47 Å². The van der Waals surface area contributed by atoms with Crippen LogP contribution in [0.2, 0.25) is 13.3 Å². The average molecular weight is 570 g/mol. The zero-order chi connectivity index (χ0) is 24.1. The Labute approximate surface area is 208 Å². The van der Waals surface area contributed by atoms with Gasteiger partial charge in [0.1, 0.15) is 0 Å². The first kappa shape index (κ1) is 28.0. The summed E-state index contributed by atoms with van der Waals surface area (Å²) in [6.07, 6.45) is 11.0. The van der Waals surface area contributed by atoms with Crippen molar-refractivity contribution in [3.63, 3.8) is 0 Å². The summed E-state index contributed by atoms with van der Waals surface area (Å²) >= 11 is -2.41. The molecule has 5 heteroatoms. The Morgan fingerprint density at radius 3 is 2.06 bits per heavy atom. The monoisotopic (exact) mass is 571 g/mol. The molecule has 4 nitrogen and oxygen atoms in total. The molecular formula is C28H53NO3Sn. The standard InChI is InChI=1S/C16H26NO3.3C4H9.Sn/c1-5-6-7-17-9-10(2)11-8-12-15(14(18)13(11)17)20-16(3,4)19-12;3*1-3-4-2;/h2,11-15,18H,5-9H2,1,3-4H3;3*1,3-4H2,2H3;/t11-,12-,13+,14-,15-;;;;/m1..../s1. The normalized spacial score (nSPS) is 32.9. The van der Waals surface area contributed by atoms with E-state index in [1.807, 2.05) is 13.8 Å². The minimum absolute atomic E-state index is 0.0253. The molecule has 0 bridgehead atoms. The molecule has 3 aliphatic rings. The van der Waals surface area contributed by atoms with E-state index in [-0.39, 0.29) is 18.2 Å². The van der Waals surface area contributed by atoms with Crippen molar-refractivity contribution in [3.05, 3.63) is 9.67 Å². The van der Waals surface area contributed by atoms with Gasteiger partial charge < -0.3 is 0 Å². The van der Waals surface area contributed by atoms with E-state index in [2.05, 4.69) is 36.7 Å². The van der Waals surface area contributed by atoms with Crippen molar-refractivity contribution >= 4 is 18.4 Å². The van der Waals surface area contributed by atoms with Crippen LogP contribution in [0, 0.1) is 5.92 Å². The third kappa shape index (κ3) is 6.78. The van der Waals surface area contributed by atoms with E-state index in [0.29, 0.717) is 5.92 Å². The Morgan fingerprint density at radius 2 is 1.52 bits per heavy atom. The van der Waals surface area contributed by atoms with E-state index in [1.54, 1.807) is 5.57 Å². The molecule has 0 aromatic carbocycles. The van der Waals surface area contributed by atoms with Crippen LogP contribution < -0.4 is 0 Å². The van der Waals surface area contributed by atoms with Gasteiger partial charge in [-0.2, -0.15) is 0 Å². The molecule has 1 N–H and O–H groups in total. The summed E-state index contributed by atoms with van der Waals surface area (Å²) in [5.41, 5.74) is 1.68. The van der Waals surface area contributed by atoms with Gasteiger partial charge in [-0.3, -0.25) is 0 Å². The van der Waals surface area contributed by atoms with Gasteiger partial charge in [0.25, 0.3) is 0 Å². The van der Waals surface area contributed by atoms with Gasteiger partial charge >= 0.3 is 209 Å². The molecule has 192 valence electrons. The molecule has 0 unspecified atom stereocenters. The maximum absolute atomic E-state index is 11.5. The van der Waals surface area contributed by atoms with Gasteiger partial charge in [0.2, 0.25) is 0 Å². The predicted octanol–water partition coefficient (Wildman–Crippen LogP) is 6.69. The number of aliphatic hydroxyl groups is 1. The van der Waals surface area contributed by atoms with Crippen LogP contribution in [-0.4, -0.2) is 71.6 Å². The topological polar surface area (TPSA) is 41.9 Å². The number of rotatable bonds is 13. The summed E-state index contributed by atoms with van der Waals surface area (Å²) in [4.78, 5) is 2.62. The molecule has 0 radical (unpaired) electrons. The Kier molecular flexibility index (Phi) is 10.6. The van der Waals surface area contributed by atoms with Crippen LogP contribution in [0.25, 0.3) is 0 Å². The molecule has 5 atom stereocenters. The summed E-state index contributed by atoms with van der Waals surface area (Å²) in [5.74, 6) is -0.143. The van der Waals surface area contributed by atoms with Gasteiger partial charge in [-0.1, -0.05) is 0 Å². The van der Waals surface area contributed by atoms with Crippen LogP contribution in [0.4, 0.5) is 0 Å². The van der Waals surface area contributed by atoms with E-state index in [1.165, 1.54) is 64.7 Å². The fourth-order valence-electron chi connectivity index (χ4n) is 6.77. The van der Waals surface area contributed by atoms with E-state index in [4.69, 9.17) is 9.47 Å². The zero-order valence-electron chi connectivity index (χ0n) is 22.6. The molecular weight excluding hydrogens is 517 g/mol. The Hall–Kier alpha value is 0.379. The third-order valence-electron chi connectivity index (χ3n) is 8.47. The van der Waals surface area contributed by atoms with Crippen LogP contribution in [0.1, 0.15) is 99.3 Å². The molecule has 0 aromatic heterocycles. The first-order valence-electron chi connectivity index (χ1n) is 14.3. The third-order valence-corrected chi connectivity index (χ3v) is 22.8. The number of fused-ring (bicyclic) bond motifs is 2. The van der Waals surface area contributed by atoms with Gasteiger partial charge in [-0.25, -0.2) is 0 Å². The molecule has 2 aliphatic heterocycles. The Balaban J connectivity index is 1.94. The van der Waals surface area contributed by atoms with Crippen LogP contribution in [0.15, 0.2) is 9.67 Å². The summed E-state index contributed by atoms with van der Waals surface area (Å²) < 4.78 is 20.0. The molecule has 0 amide bonds. The number of unbranched alkanes of at least 4 members (excludes halogenated alkanes) is 4. The van der Waals surface area contributed by atoms with E-state index >= 15 is 0 Å². The summed E-state index contributed by atoms with van der Waals surface area (Å²) in [6, 6.07) is 0.203. The SMILES string of the molecule is CCCCN1C/C(=[CH]\[Sn]([CH2]CCC)([CH2]CCC)[CH2]CCC)[C@H]2C[C@H]3OC(C)(C)O[C@H]3[C@H](O)[C@H]21. The number of aliphatic hydroxyl groups excluding tert-OH is 1. The molecule has 3 rings (SSSR count). The molecule has 33 heavy (non-hydrogen) atoms. The van der Waals surface area contributed by atoms with Crippen LogP contribution in [0.3, 0.4) is 0 Å². The van der Waals surface area contributed by atoms with Crippen molar-refractivity contribution in [1.82, 2.24) is 4.90 Å². The Morgan fingerprint density at radius 1 is 0.939 bits per heavy atom. The molecule has 1 saturated carbocycles. The van der Waals surface area contributed by atoms with Crippen molar-refractivity contribution in [3.8, 4) is 0 Å². The van der Waals surface area contributed by atoms with Gasteiger partial charge in [0.15, 0.2) is 0 Å². The van der Waals surface area contributed by atoms with E-state index < -0.39 is 30.3 Å². The first-order chi connectivity index (χ1) is 15.8. The van der Waals surface area contributed by atoms with Crippen molar-refractivity contribution in [1.29, 1.82) is 0 Å². The quantitative estimate of drug-likeness (QED) is 0.251. The molecule has 3 fully saturated rings. The molecule has 2 heterocycles. The minimum atomic E-state index is -2.41. The summed E-state index contributed by atoms with van der Waals surface area (Å²) in [6.45, 7) is 15.5. The van der Waals surface area contributed by atoms with Gasteiger partial charge in [0.05, 0.1) is 0 Å². The molecule has 0 spiro atoms. The first-order valence-corrected chi connectivity index (χ1v) is 22.0. The second-order valence-electron chi connectivity index (χ2n) is 11.7. The summed E-state index contributed by atoms with van der Waals surface area (Å²) in [5, 5.41) is 11.5. The van der Waals surface area contributed by atoms with Crippen LogP contribution in [0.5, 0.6) is 0 Å². The fourth-order valence-corrected chi connectivity index (χ4v) is 22.3. The van der Waals surface area contributed by atoms with Crippen molar-refractivity contribution < 1.29 is 14.6 Å². The second kappa shape index (κ2) is 12.6. The number of ether oxygens (including phenoxy) is 2. The maximum atomic E-state index is 11.5. The van der Waals surface area contributed by atoms with Gasteiger partial charge in [-0.05, 0) is 0 Å². The number of likely N-dealkylation sites (tertiary alicyclic amines) is 1. The van der Waals surface area contributed by atoms with Gasteiger partial charge in [0, 0.05) is 0 Å². The molecule has 0 aromatic rings. The molecule has 1 aliphatic carbocycles. The fraction of sp³-hybridized carbons (Fsp3) is 0.929. The predicted molar refractivity (Wildman–Crippen MR) is 141 cm³/mol. The molecule has 2 saturated heterocycles.